The first-order valence-corrected chi connectivity index (χ1v) is 15.5. The molecular weight excluding hydrogens is 445 g/mol. The van der Waals surface area contributed by atoms with Crippen LogP contribution in [0.5, 0.6) is 0 Å². The standard InChI is InChI=1S/C31H53F3O/c1-3-5-21-7-9-22(10-8-21)11-12-23-13-15-24(16-14-23)20-35-27-19-26-18-17-25(6-4-2)29(32)28(26)31(34)30(27)33/h21-31H,3-20H2,1-2H3. The van der Waals surface area contributed by atoms with Gasteiger partial charge < -0.3 is 4.74 Å². The fourth-order valence-electron chi connectivity index (χ4n) is 8.38. The highest BCUT2D eigenvalue weighted by molar-refractivity contribution is 5.01. The summed E-state index contributed by atoms with van der Waals surface area (Å²) < 4.78 is 51.1. The zero-order valence-electron chi connectivity index (χ0n) is 22.6. The Kier molecular flexibility index (Phi) is 10.7. The highest BCUT2D eigenvalue weighted by Gasteiger charge is 2.53. The van der Waals surface area contributed by atoms with Gasteiger partial charge in [-0.1, -0.05) is 84.5 Å². The molecule has 4 fully saturated rings. The topological polar surface area (TPSA) is 9.23 Å². The van der Waals surface area contributed by atoms with Crippen molar-refractivity contribution in [3.63, 3.8) is 0 Å². The van der Waals surface area contributed by atoms with Crippen LogP contribution in [-0.2, 0) is 4.74 Å². The smallest absolute Gasteiger partial charge is 0.157 e. The van der Waals surface area contributed by atoms with E-state index in [9.17, 15) is 4.39 Å². The Morgan fingerprint density at radius 3 is 1.69 bits per heavy atom. The molecule has 0 aliphatic heterocycles. The van der Waals surface area contributed by atoms with Crippen LogP contribution in [0.4, 0.5) is 13.2 Å². The van der Waals surface area contributed by atoms with Crippen molar-refractivity contribution >= 4 is 0 Å². The Bertz CT molecular complexity index is 596. The van der Waals surface area contributed by atoms with E-state index in [4.69, 9.17) is 4.74 Å². The molecule has 0 amide bonds. The van der Waals surface area contributed by atoms with Crippen LogP contribution >= 0.6 is 0 Å². The van der Waals surface area contributed by atoms with E-state index in [1.807, 2.05) is 6.92 Å². The molecule has 4 saturated carbocycles. The summed E-state index contributed by atoms with van der Waals surface area (Å²) in [6.45, 7) is 4.91. The largest absolute Gasteiger partial charge is 0.375 e. The van der Waals surface area contributed by atoms with Crippen LogP contribution in [0.3, 0.4) is 0 Å². The van der Waals surface area contributed by atoms with Gasteiger partial charge in [-0.25, -0.2) is 13.2 Å². The third kappa shape index (κ3) is 7.20. The van der Waals surface area contributed by atoms with Crippen molar-refractivity contribution in [2.45, 2.75) is 148 Å². The molecule has 0 saturated heterocycles. The quantitative estimate of drug-likeness (QED) is 0.291. The predicted molar refractivity (Wildman–Crippen MR) is 139 cm³/mol. The Balaban J connectivity index is 1.14. The van der Waals surface area contributed by atoms with Gasteiger partial charge in [0.15, 0.2) is 6.17 Å². The maximum Gasteiger partial charge on any atom is 0.157 e. The van der Waals surface area contributed by atoms with Gasteiger partial charge in [-0.3, -0.25) is 0 Å². The summed E-state index contributed by atoms with van der Waals surface area (Å²) in [5, 5.41) is 0. The zero-order valence-corrected chi connectivity index (χ0v) is 22.6. The van der Waals surface area contributed by atoms with Gasteiger partial charge in [-0.05, 0) is 74.0 Å². The summed E-state index contributed by atoms with van der Waals surface area (Å²) in [6.07, 6.45) is 14.8. The van der Waals surface area contributed by atoms with Gasteiger partial charge in [0.2, 0.25) is 0 Å². The first-order valence-electron chi connectivity index (χ1n) is 15.5. The van der Waals surface area contributed by atoms with E-state index in [0.29, 0.717) is 18.9 Å². The molecular formula is C31H53F3O. The van der Waals surface area contributed by atoms with Crippen LogP contribution in [0.1, 0.15) is 123 Å². The number of hydrogen-bond acceptors (Lipinski definition) is 1. The average Bonchev–Trinajstić information content (AvgIpc) is 2.87. The minimum Gasteiger partial charge on any atom is -0.375 e. The molecule has 0 bridgehead atoms. The van der Waals surface area contributed by atoms with Gasteiger partial charge in [0.1, 0.15) is 12.3 Å². The Morgan fingerprint density at radius 2 is 1.11 bits per heavy atom. The Labute approximate surface area is 213 Å². The third-order valence-corrected chi connectivity index (χ3v) is 10.7. The molecule has 4 heteroatoms. The van der Waals surface area contributed by atoms with Gasteiger partial charge in [0.25, 0.3) is 0 Å². The van der Waals surface area contributed by atoms with E-state index < -0.39 is 30.5 Å². The van der Waals surface area contributed by atoms with Crippen molar-refractivity contribution in [1.29, 1.82) is 0 Å². The summed E-state index contributed by atoms with van der Waals surface area (Å²) in [5.74, 6) is 2.37. The fraction of sp³-hybridized carbons (Fsp3) is 1.00. The third-order valence-electron chi connectivity index (χ3n) is 10.7. The number of ether oxygens (including phenoxy) is 1. The van der Waals surface area contributed by atoms with Crippen molar-refractivity contribution in [1.82, 2.24) is 0 Å². The van der Waals surface area contributed by atoms with Crippen molar-refractivity contribution in [2.24, 2.45) is 41.4 Å². The molecule has 0 N–H and O–H groups in total. The first-order chi connectivity index (χ1) is 17.0. The minimum absolute atomic E-state index is 0.0575. The molecule has 4 rings (SSSR count). The minimum atomic E-state index is -1.71. The molecule has 0 aromatic rings. The van der Waals surface area contributed by atoms with Crippen LogP contribution in [0.15, 0.2) is 0 Å². The van der Waals surface area contributed by atoms with E-state index in [0.717, 1.165) is 56.3 Å². The molecule has 0 spiro atoms. The highest BCUT2D eigenvalue weighted by atomic mass is 19.2. The normalized spacial score (nSPS) is 44.7. The van der Waals surface area contributed by atoms with Crippen LogP contribution in [-0.4, -0.2) is 31.2 Å². The fourth-order valence-corrected chi connectivity index (χ4v) is 8.38. The SMILES string of the molecule is CCCC1CCC(CCC2CCC(COC3CC4CCC(CCC)C(F)C4C(F)C3F)CC2)CC1. The van der Waals surface area contributed by atoms with E-state index in [1.54, 1.807) is 0 Å². The molecule has 0 heterocycles. The molecule has 7 unspecified atom stereocenters. The van der Waals surface area contributed by atoms with Crippen LogP contribution < -0.4 is 0 Å². The van der Waals surface area contributed by atoms with Crippen molar-refractivity contribution < 1.29 is 17.9 Å². The van der Waals surface area contributed by atoms with Gasteiger partial charge in [0, 0.05) is 12.5 Å². The van der Waals surface area contributed by atoms with E-state index in [2.05, 4.69) is 6.92 Å². The van der Waals surface area contributed by atoms with E-state index in [-0.39, 0.29) is 11.8 Å². The summed E-state index contributed by atoms with van der Waals surface area (Å²) in [7, 11) is 0. The highest BCUT2D eigenvalue weighted by Crippen LogP contribution is 2.48. The number of fused-ring (bicyclic) bond motifs is 1. The molecule has 0 radical (unpaired) electrons. The van der Waals surface area contributed by atoms with Crippen LogP contribution in [0, 0.1) is 41.4 Å². The Hall–Kier alpha value is -0.250. The van der Waals surface area contributed by atoms with Crippen LogP contribution in [0.25, 0.3) is 0 Å². The second-order valence-electron chi connectivity index (χ2n) is 13.0. The molecule has 0 aromatic heterocycles. The molecule has 1 nitrogen and oxygen atoms in total. The lowest BCUT2D eigenvalue weighted by Crippen LogP contribution is -2.54. The average molecular weight is 499 g/mol. The molecule has 0 aromatic carbocycles. The van der Waals surface area contributed by atoms with Gasteiger partial charge >= 0.3 is 0 Å². The second-order valence-corrected chi connectivity index (χ2v) is 13.0. The predicted octanol–water partition coefficient (Wildman–Crippen LogP) is 9.43. The lowest BCUT2D eigenvalue weighted by molar-refractivity contribution is -0.136. The molecule has 35 heavy (non-hydrogen) atoms. The maximum absolute atomic E-state index is 15.0. The van der Waals surface area contributed by atoms with E-state index in [1.165, 1.54) is 64.2 Å². The summed E-state index contributed by atoms with van der Waals surface area (Å²) in [4.78, 5) is 0. The van der Waals surface area contributed by atoms with Gasteiger partial charge in [0.05, 0.1) is 6.10 Å². The monoisotopic (exact) mass is 498 g/mol. The first kappa shape index (κ1) is 27.8. The van der Waals surface area contributed by atoms with Crippen molar-refractivity contribution in [3.8, 4) is 0 Å². The number of halogens is 3. The summed E-state index contributed by atoms with van der Waals surface area (Å²) in [5.41, 5.74) is 0. The lowest BCUT2D eigenvalue weighted by Gasteiger charge is -2.47. The summed E-state index contributed by atoms with van der Waals surface area (Å²) >= 11 is 0. The maximum atomic E-state index is 15.0. The number of hydrogen-bond donors (Lipinski definition) is 0. The summed E-state index contributed by atoms with van der Waals surface area (Å²) in [6, 6.07) is 0. The number of rotatable bonds is 10. The molecule has 204 valence electrons. The van der Waals surface area contributed by atoms with Gasteiger partial charge in [-0.15, -0.1) is 0 Å². The lowest BCUT2D eigenvalue weighted by atomic mass is 9.63. The zero-order chi connectivity index (χ0) is 24.8. The van der Waals surface area contributed by atoms with Crippen LogP contribution in [0.2, 0.25) is 0 Å². The van der Waals surface area contributed by atoms with Gasteiger partial charge in [-0.2, -0.15) is 0 Å². The molecule has 4 aliphatic rings. The van der Waals surface area contributed by atoms with Crippen molar-refractivity contribution in [2.75, 3.05) is 6.61 Å². The number of alkyl halides is 3. The van der Waals surface area contributed by atoms with E-state index >= 15 is 8.78 Å². The molecule has 7 atom stereocenters. The Morgan fingerprint density at radius 1 is 0.571 bits per heavy atom. The van der Waals surface area contributed by atoms with Crippen molar-refractivity contribution in [3.05, 3.63) is 0 Å². The molecule has 4 aliphatic carbocycles. The second kappa shape index (κ2) is 13.5.